The minimum Gasteiger partial charge on any atom is -0.378 e. The van der Waals surface area contributed by atoms with Gasteiger partial charge in [0.15, 0.2) is 0 Å². The van der Waals surface area contributed by atoms with Crippen molar-refractivity contribution < 1.29 is 0 Å². The van der Waals surface area contributed by atoms with E-state index in [1.807, 2.05) is 36.9 Å². The minimum atomic E-state index is 0.471. The van der Waals surface area contributed by atoms with Crippen molar-refractivity contribution in [2.45, 2.75) is 0 Å². The fraction of sp³-hybridized carbons (Fsp3) is 0.143. The van der Waals surface area contributed by atoms with E-state index in [2.05, 4.69) is 27.0 Å². The summed E-state index contributed by atoms with van der Waals surface area (Å²) in [6.45, 7) is 0. The van der Waals surface area contributed by atoms with Gasteiger partial charge < -0.3 is 10.6 Å². The van der Waals surface area contributed by atoms with Crippen LogP contribution in [0.3, 0.4) is 0 Å². The number of imidazole rings is 1. The Kier molecular flexibility index (Phi) is 2.59. The largest absolute Gasteiger partial charge is 0.378 e. The Morgan fingerprint density at radius 3 is 2.84 bits per heavy atom. The number of rotatable bonds is 2. The summed E-state index contributed by atoms with van der Waals surface area (Å²) in [7, 11) is 4.02. The molecular formula is C14H15N5. The molecule has 0 atom stereocenters. The lowest BCUT2D eigenvalue weighted by atomic mass is 10.2. The van der Waals surface area contributed by atoms with Crippen LogP contribution in [0.2, 0.25) is 0 Å². The van der Waals surface area contributed by atoms with Gasteiger partial charge in [-0.15, -0.1) is 0 Å². The van der Waals surface area contributed by atoms with Gasteiger partial charge in [-0.25, -0.2) is 4.98 Å². The lowest BCUT2D eigenvalue weighted by Crippen LogP contribution is -2.09. The number of hydrogen-bond acceptors (Lipinski definition) is 4. The number of nitrogens with zero attached hydrogens (tertiary/aromatic N) is 4. The molecule has 0 amide bonds. The van der Waals surface area contributed by atoms with Crippen LogP contribution >= 0.6 is 0 Å². The van der Waals surface area contributed by atoms with Gasteiger partial charge in [0.2, 0.25) is 5.95 Å². The third kappa shape index (κ3) is 1.89. The molecule has 3 aromatic rings. The van der Waals surface area contributed by atoms with Crippen molar-refractivity contribution in [1.29, 1.82) is 0 Å². The van der Waals surface area contributed by atoms with E-state index in [4.69, 9.17) is 5.73 Å². The molecule has 0 bridgehead atoms. The van der Waals surface area contributed by atoms with Crippen LogP contribution in [0, 0.1) is 0 Å². The maximum atomic E-state index is 6.02. The van der Waals surface area contributed by atoms with Gasteiger partial charge in [0.05, 0.1) is 17.4 Å². The van der Waals surface area contributed by atoms with E-state index in [1.165, 1.54) is 0 Å². The van der Waals surface area contributed by atoms with Crippen LogP contribution < -0.4 is 10.6 Å². The highest BCUT2D eigenvalue weighted by molar-refractivity contribution is 5.80. The fourth-order valence-corrected chi connectivity index (χ4v) is 2.13. The summed E-state index contributed by atoms with van der Waals surface area (Å²) in [5.74, 6) is 0.471. The van der Waals surface area contributed by atoms with E-state index < -0.39 is 0 Å². The number of pyridine rings is 1. The molecule has 0 aliphatic rings. The molecule has 0 saturated heterocycles. The van der Waals surface area contributed by atoms with Crippen LogP contribution in [0.4, 0.5) is 11.6 Å². The molecule has 1 aromatic carbocycles. The zero-order chi connectivity index (χ0) is 13.4. The molecule has 2 heterocycles. The molecule has 96 valence electrons. The van der Waals surface area contributed by atoms with Crippen molar-refractivity contribution in [2.75, 3.05) is 24.7 Å². The van der Waals surface area contributed by atoms with E-state index in [0.29, 0.717) is 5.95 Å². The summed E-state index contributed by atoms with van der Waals surface area (Å²) in [4.78, 5) is 10.5. The molecule has 2 aromatic heterocycles. The van der Waals surface area contributed by atoms with E-state index in [9.17, 15) is 0 Å². The summed E-state index contributed by atoms with van der Waals surface area (Å²) >= 11 is 0. The molecule has 2 N–H and O–H groups in total. The van der Waals surface area contributed by atoms with Crippen molar-refractivity contribution in [3.63, 3.8) is 0 Å². The maximum absolute atomic E-state index is 6.02. The van der Waals surface area contributed by atoms with Gasteiger partial charge in [-0.3, -0.25) is 9.55 Å². The van der Waals surface area contributed by atoms with E-state index in [0.717, 1.165) is 22.4 Å². The lowest BCUT2D eigenvalue weighted by molar-refractivity contribution is 1.09. The van der Waals surface area contributed by atoms with Gasteiger partial charge in [0.25, 0.3) is 0 Å². The van der Waals surface area contributed by atoms with Crippen LogP contribution in [-0.2, 0) is 0 Å². The smallest absolute Gasteiger partial charge is 0.205 e. The first kappa shape index (κ1) is 11.5. The standard InChI is InChI=1S/C14H15N5/c1-18(2)10-4-3-5-11(8-10)19-13-6-7-16-9-12(13)17-14(19)15/h3-9H,1-2H3,(H2,15,17). The average Bonchev–Trinajstić information content (AvgIpc) is 2.74. The van der Waals surface area contributed by atoms with Gasteiger partial charge in [0.1, 0.15) is 5.52 Å². The summed E-state index contributed by atoms with van der Waals surface area (Å²) < 4.78 is 1.93. The van der Waals surface area contributed by atoms with E-state index in [1.54, 1.807) is 12.4 Å². The Labute approximate surface area is 111 Å². The summed E-state index contributed by atoms with van der Waals surface area (Å²) in [6.07, 6.45) is 3.47. The first-order valence-corrected chi connectivity index (χ1v) is 6.02. The molecule has 0 unspecified atom stereocenters. The highest BCUT2D eigenvalue weighted by atomic mass is 15.2. The fourth-order valence-electron chi connectivity index (χ4n) is 2.13. The summed E-state index contributed by atoms with van der Waals surface area (Å²) in [5, 5.41) is 0. The van der Waals surface area contributed by atoms with Gasteiger partial charge in [-0.2, -0.15) is 0 Å². The number of benzene rings is 1. The normalized spacial score (nSPS) is 10.8. The zero-order valence-electron chi connectivity index (χ0n) is 10.9. The maximum Gasteiger partial charge on any atom is 0.205 e. The van der Waals surface area contributed by atoms with Gasteiger partial charge in [-0.05, 0) is 24.3 Å². The zero-order valence-corrected chi connectivity index (χ0v) is 10.9. The third-order valence-electron chi connectivity index (χ3n) is 3.09. The Bertz CT molecular complexity index is 730. The SMILES string of the molecule is CN(C)c1cccc(-n2c(N)nc3cnccc32)c1. The molecule has 5 nitrogen and oxygen atoms in total. The molecule has 0 aliphatic heterocycles. The van der Waals surface area contributed by atoms with Crippen LogP contribution in [0.25, 0.3) is 16.7 Å². The monoisotopic (exact) mass is 253 g/mol. The topological polar surface area (TPSA) is 60.0 Å². The van der Waals surface area contributed by atoms with Crippen LogP contribution in [-0.4, -0.2) is 28.6 Å². The van der Waals surface area contributed by atoms with Crippen molar-refractivity contribution in [1.82, 2.24) is 14.5 Å². The summed E-state index contributed by atoms with van der Waals surface area (Å²) in [5.41, 5.74) is 9.90. The third-order valence-corrected chi connectivity index (χ3v) is 3.09. The highest BCUT2D eigenvalue weighted by Gasteiger charge is 2.10. The predicted molar refractivity (Wildman–Crippen MR) is 77.6 cm³/mol. The number of anilines is 2. The Morgan fingerprint density at radius 1 is 1.21 bits per heavy atom. The molecule has 19 heavy (non-hydrogen) atoms. The van der Waals surface area contributed by atoms with Crippen molar-refractivity contribution >= 4 is 22.7 Å². The number of nitrogen functional groups attached to an aromatic ring is 1. The average molecular weight is 253 g/mol. The first-order chi connectivity index (χ1) is 9.16. The quantitative estimate of drug-likeness (QED) is 0.759. The van der Waals surface area contributed by atoms with Gasteiger partial charge in [0, 0.05) is 26.0 Å². The number of hydrogen-bond donors (Lipinski definition) is 1. The van der Waals surface area contributed by atoms with Gasteiger partial charge >= 0.3 is 0 Å². The predicted octanol–water partition coefficient (Wildman–Crippen LogP) is 2.07. The molecular weight excluding hydrogens is 238 g/mol. The molecule has 0 fully saturated rings. The number of nitrogens with two attached hydrogens (primary N) is 1. The highest BCUT2D eigenvalue weighted by Crippen LogP contribution is 2.24. The molecule has 0 saturated carbocycles. The summed E-state index contributed by atoms with van der Waals surface area (Å²) in [6, 6.07) is 10.1. The van der Waals surface area contributed by atoms with Crippen molar-refractivity contribution in [3.05, 3.63) is 42.7 Å². The second-order valence-electron chi connectivity index (χ2n) is 4.58. The molecule has 0 spiro atoms. The molecule has 0 aliphatic carbocycles. The van der Waals surface area contributed by atoms with E-state index in [-0.39, 0.29) is 0 Å². The number of aromatic nitrogens is 3. The van der Waals surface area contributed by atoms with E-state index >= 15 is 0 Å². The second-order valence-corrected chi connectivity index (χ2v) is 4.58. The van der Waals surface area contributed by atoms with Crippen LogP contribution in [0.1, 0.15) is 0 Å². The van der Waals surface area contributed by atoms with Crippen molar-refractivity contribution in [2.24, 2.45) is 0 Å². The second kappa shape index (κ2) is 4.28. The van der Waals surface area contributed by atoms with Crippen LogP contribution in [0.15, 0.2) is 42.7 Å². The van der Waals surface area contributed by atoms with Gasteiger partial charge in [-0.1, -0.05) is 6.07 Å². The molecule has 0 radical (unpaired) electrons. The number of fused-ring (bicyclic) bond motifs is 1. The first-order valence-electron chi connectivity index (χ1n) is 6.02. The lowest BCUT2D eigenvalue weighted by Gasteiger charge is -2.14. The molecule has 5 heteroatoms. The Hall–Kier alpha value is -2.56. The molecule has 3 rings (SSSR count). The van der Waals surface area contributed by atoms with Crippen molar-refractivity contribution in [3.8, 4) is 5.69 Å². The van der Waals surface area contributed by atoms with Crippen LogP contribution in [0.5, 0.6) is 0 Å². The Balaban J connectivity index is 2.24. The minimum absolute atomic E-state index is 0.471. The Morgan fingerprint density at radius 2 is 2.05 bits per heavy atom.